The number of carbonyl (C=O) groups excluding carboxylic acids is 1. The number of aromatic nitrogens is 3. The normalized spacial score (nSPS) is 24.6. The number of rotatable bonds is 4. The number of hydrogen-bond donors (Lipinski definition) is 1. The van der Waals surface area contributed by atoms with Crippen LogP contribution in [0, 0.1) is 26.5 Å². The summed E-state index contributed by atoms with van der Waals surface area (Å²) in [5, 5.41) is 7.12. The highest BCUT2D eigenvalue weighted by atomic mass is 35.5. The van der Waals surface area contributed by atoms with Gasteiger partial charge in [-0.1, -0.05) is 23.2 Å². The van der Waals surface area contributed by atoms with Gasteiger partial charge in [-0.3, -0.25) is 14.5 Å². The summed E-state index contributed by atoms with van der Waals surface area (Å²) in [6, 6.07) is 1.56. The molecule has 140 valence electrons. The van der Waals surface area contributed by atoms with Crippen molar-refractivity contribution in [3.63, 3.8) is 0 Å². The van der Waals surface area contributed by atoms with E-state index >= 15 is 0 Å². The molecule has 1 fully saturated rings. The molecule has 1 aliphatic carbocycles. The molecule has 1 aliphatic rings. The average molecular weight is 401 g/mol. The number of nitrogens with zero attached hydrogens (tertiary/aromatic N) is 3. The van der Waals surface area contributed by atoms with Crippen molar-refractivity contribution in [2.45, 2.75) is 58.9 Å². The van der Waals surface area contributed by atoms with Gasteiger partial charge in [-0.05, 0) is 58.3 Å². The largest absolute Gasteiger partial charge is 0.349 e. The summed E-state index contributed by atoms with van der Waals surface area (Å²) in [7, 11) is 0. The first kappa shape index (κ1) is 12.7. The van der Waals surface area contributed by atoms with E-state index in [0.29, 0.717) is 29.1 Å². The summed E-state index contributed by atoms with van der Waals surface area (Å²) in [6.07, 6.45) is 4.34. The third-order valence-electron chi connectivity index (χ3n) is 4.81. The monoisotopic (exact) mass is 400 g/mol. The predicted octanol–water partition coefficient (Wildman–Crippen LogP) is 4.50. The van der Waals surface area contributed by atoms with Gasteiger partial charge in [0.15, 0.2) is 0 Å². The van der Waals surface area contributed by atoms with Crippen molar-refractivity contribution in [3.8, 4) is 0 Å². The fourth-order valence-electron chi connectivity index (χ4n) is 3.31. The molecule has 0 aliphatic heterocycles. The molecule has 1 saturated carbocycles. The Balaban J connectivity index is 1.66. The molecular weight excluding hydrogens is 371 g/mol. The van der Waals surface area contributed by atoms with Gasteiger partial charge in [0.2, 0.25) is 0 Å². The number of carbonyl (C=O) groups is 1. The van der Waals surface area contributed by atoms with Crippen molar-refractivity contribution in [1.29, 1.82) is 0 Å². The molecule has 7 heteroatoms. The van der Waals surface area contributed by atoms with Crippen LogP contribution in [-0.2, 0) is 6.54 Å². The minimum atomic E-state index is -2.60. The maximum atomic E-state index is 12.6. The van der Waals surface area contributed by atoms with Crippen LogP contribution in [0.5, 0.6) is 0 Å². The summed E-state index contributed by atoms with van der Waals surface area (Å²) in [5.74, 6) is -0.147. The molecular formula is C19H24Cl2N4O. The van der Waals surface area contributed by atoms with Crippen LogP contribution in [0.15, 0.2) is 12.3 Å². The molecule has 0 unspecified atom stereocenters. The smallest absolute Gasteiger partial charge is 0.253 e. The second kappa shape index (κ2) is 7.97. The zero-order valence-electron chi connectivity index (χ0n) is 20.4. The van der Waals surface area contributed by atoms with E-state index in [1.54, 1.807) is 13.0 Å². The van der Waals surface area contributed by atoms with Gasteiger partial charge in [-0.2, -0.15) is 5.10 Å². The van der Waals surface area contributed by atoms with Crippen LogP contribution in [0.25, 0.3) is 0 Å². The number of pyridine rings is 1. The van der Waals surface area contributed by atoms with E-state index < -0.39 is 19.4 Å². The van der Waals surface area contributed by atoms with Gasteiger partial charge in [0.1, 0.15) is 0 Å². The van der Waals surface area contributed by atoms with E-state index in [1.807, 2.05) is 0 Å². The topological polar surface area (TPSA) is 59.8 Å². The predicted molar refractivity (Wildman–Crippen MR) is 104 cm³/mol. The first-order valence-electron chi connectivity index (χ1n) is 11.5. The molecule has 0 aromatic carbocycles. The van der Waals surface area contributed by atoms with Crippen molar-refractivity contribution < 1.29 is 13.0 Å². The number of nitrogens with one attached hydrogen (secondary N) is 1. The summed E-state index contributed by atoms with van der Waals surface area (Å²) < 4.78 is 47.2. The van der Waals surface area contributed by atoms with Crippen LogP contribution in [0.2, 0.25) is 10.0 Å². The van der Waals surface area contributed by atoms with Crippen molar-refractivity contribution >= 4 is 29.1 Å². The van der Waals surface area contributed by atoms with Crippen LogP contribution in [0.3, 0.4) is 0 Å². The quantitative estimate of drug-likeness (QED) is 0.821. The third kappa shape index (κ3) is 4.21. The fraction of sp³-hybridized carbons (Fsp3) is 0.526. The van der Waals surface area contributed by atoms with Gasteiger partial charge < -0.3 is 5.32 Å². The third-order valence-corrected chi connectivity index (χ3v) is 5.37. The van der Waals surface area contributed by atoms with E-state index in [0.717, 1.165) is 12.8 Å². The highest BCUT2D eigenvalue weighted by Gasteiger charge is 2.24. The highest BCUT2D eigenvalue weighted by molar-refractivity contribution is 6.31. The SMILES string of the molecule is [2H]C([2H])([2H])c1nn(CC2CCC(NC(=O)c3cc(Cl)cnc3C)CC2)c(C([2H])([2H])[2H])c1Cl. The minimum absolute atomic E-state index is 0.0293. The number of hydrogen-bond acceptors (Lipinski definition) is 3. The van der Waals surface area contributed by atoms with Gasteiger partial charge in [0, 0.05) is 27.0 Å². The van der Waals surface area contributed by atoms with Gasteiger partial charge in [0.05, 0.1) is 32.7 Å². The van der Waals surface area contributed by atoms with Crippen LogP contribution in [0.4, 0.5) is 0 Å². The van der Waals surface area contributed by atoms with Gasteiger partial charge in [0.25, 0.3) is 5.91 Å². The van der Waals surface area contributed by atoms with E-state index in [9.17, 15) is 4.79 Å². The average Bonchev–Trinajstić information content (AvgIpc) is 3.01. The minimum Gasteiger partial charge on any atom is -0.349 e. The van der Waals surface area contributed by atoms with Crippen LogP contribution in [-0.4, -0.2) is 26.7 Å². The van der Waals surface area contributed by atoms with E-state index in [-0.39, 0.29) is 35.1 Å². The summed E-state index contributed by atoms with van der Waals surface area (Å²) in [4.78, 5) is 16.7. The van der Waals surface area contributed by atoms with Gasteiger partial charge in [-0.25, -0.2) is 0 Å². The van der Waals surface area contributed by atoms with E-state index in [4.69, 9.17) is 31.4 Å². The fourth-order valence-corrected chi connectivity index (χ4v) is 3.60. The Morgan fingerprint density at radius 1 is 1.31 bits per heavy atom. The number of aryl methyl sites for hydroxylation is 2. The summed E-state index contributed by atoms with van der Waals surface area (Å²) >= 11 is 12.1. The highest BCUT2D eigenvalue weighted by Crippen LogP contribution is 2.28. The molecule has 1 amide bonds. The van der Waals surface area contributed by atoms with Crippen LogP contribution < -0.4 is 5.32 Å². The Hall–Kier alpha value is -1.59. The molecule has 5 nitrogen and oxygen atoms in total. The molecule has 3 rings (SSSR count). The number of halogens is 2. The lowest BCUT2D eigenvalue weighted by Crippen LogP contribution is -2.38. The molecule has 2 heterocycles. The Labute approximate surface area is 172 Å². The lowest BCUT2D eigenvalue weighted by molar-refractivity contribution is 0.0919. The maximum absolute atomic E-state index is 12.6. The van der Waals surface area contributed by atoms with Gasteiger partial charge in [-0.15, -0.1) is 0 Å². The first-order valence-corrected chi connectivity index (χ1v) is 9.23. The Kier molecular flexibility index (Phi) is 3.90. The van der Waals surface area contributed by atoms with Crippen molar-refractivity contribution in [2.75, 3.05) is 0 Å². The zero-order valence-corrected chi connectivity index (χ0v) is 15.9. The molecule has 0 saturated heterocycles. The molecule has 0 atom stereocenters. The first-order chi connectivity index (χ1) is 14.8. The standard InChI is InChI=1S/C19H24Cl2N4O/c1-11-17(8-15(20)9-22-11)19(26)23-16-6-4-14(5-7-16)10-25-13(3)18(21)12(2)24-25/h8-9,14,16H,4-7,10H2,1-3H3,(H,23,26)/i2D3,3D3. The molecule has 0 radical (unpaired) electrons. The zero-order chi connectivity index (χ0) is 23.8. The van der Waals surface area contributed by atoms with Gasteiger partial charge >= 0.3 is 0 Å². The maximum Gasteiger partial charge on any atom is 0.253 e. The molecule has 0 spiro atoms. The Morgan fingerprint density at radius 2 is 2.08 bits per heavy atom. The molecule has 26 heavy (non-hydrogen) atoms. The van der Waals surface area contributed by atoms with Crippen molar-refractivity contribution in [3.05, 3.63) is 45.0 Å². The van der Waals surface area contributed by atoms with Crippen LogP contribution in [0.1, 0.15) is 61.3 Å². The van der Waals surface area contributed by atoms with Crippen LogP contribution >= 0.6 is 23.2 Å². The van der Waals surface area contributed by atoms with Crippen molar-refractivity contribution in [2.24, 2.45) is 5.92 Å². The molecule has 2 aromatic heterocycles. The molecule has 0 bridgehead atoms. The summed E-state index contributed by atoms with van der Waals surface area (Å²) in [6.45, 7) is -3.19. The Morgan fingerprint density at radius 3 is 2.77 bits per heavy atom. The summed E-state index contributed by atoms with van der Waals surface area (Å²) in [5.41, 5.74) is 0.394. The Bertz CT molecular complexity index is 997. The van der Waals surface area contributed by atoms with Crippen molar-refractivity contribution in [1.82, 2.24) is 20.1 Å². The second-order valence-corrected chi connectivity index (χ2v) is 7.49. The lowest BCUT2D eigenvalue weighted by Gasteiger charge is -2.29. The molecule has 2 aromatic rings. The number of amides is 1. The second-order valence-electron chi connectivity index (χ2n) is 6.67. The van der Waals surface area contributed by atoms with E-state index in [2.05, 4.69) is 15.4 Å². The van der Waals surface area contributed by atoms with E-state index in [1.165, 1.54) is 10.9 Å². The molecule has 1 N–H and O–H groups in total. The lowest BCUT2D eigenvalue weighted by atomic mass is 9.86.